The van der Waals surface area contributed by atoms with Gasteiger partial charge in [0.1, 0.15) is 5.82 Å². The van der Waals surface area contributed by atoms with Crippen LogP contribution in [0.15, 0.2) is 42.5 Å². The van der Waals surface area contributed by atoms with Gasteiger partial charge in [-0.15, -0.1) is 0 Å². The topological polar surface area (TPSA) is 92.5 Å². The molecule has 0 aromatic heterocycles. The molecule has 0 aliphatic rings. The summed E-state index contributed by atoms with van der Waals surface area (Å²) < 4.78 is 13.3. The van der Waals surface area contributed by atoms with E-state index in [1.165, 1.54) is 36.4 Å². The minimum absolute atomic E-state index is 0.105. The summed E-state index contributed by atoms with van der Waals surface area (Å²) in [5.74, 6) is -0.892. The van der Waals surface area contributed by atoms with Crippen molar-refractivity contribution in [3.63, 3.8) is 0 Å². The highest BCUT2D eigenvalue weighted by atomic mass is 19.1. The molecule has 0 saturated carbocycles. The van der Waals surface area contributed by atoms with Gasteiger partial charge in [0.15, 0.2) is 0 Å². The summed E-state index contributed by atoms with van der Waals surface area (Å²) in [7, 11) is 0. The number of hydrogen-bond donors (Lipinski definition) is 2. The summed E-state index contributed by atoms with van der Waals surface area (Å²) in [4.78, 5) is 22.3. The fourth-order valence-electron chi connectivity index (χ4n) is 2.13. The van der Waals surface area contributed by atoms with Crippen LogP contribution >= 0.6 is 0 Å². The molecule has 2 N–H and O–H groups in total. The number of halogens is 1. The van der Waals surface area contributed by atoms with Gasteiger partial charge in [-0.05, 0) is 17.7 Å². The second-order valence-corrected chi connectivity index (χ2v) is 4.92. The van der Waals surface area contributed by atoms with Crippen LogP contribution in [0.3, 0.4) is 0 Å². The van der Waals surface area contributed by atoms with Crippen molar-refractivity contribution < 1.29 is 19.2 Å². The quantitative estimate of drug-likeness (QED) is 0.630. The first kappa shape index (κ1) is 16.6. The zero-order chi connectivity index (χ0) is 16.8. The van der Waals surface area contributed by atoms with Gasteiger partial charge < -0.3 is 10.4 Å². The van der Waals surface area contributed by atoms with E-state index in [2.05, 4.69) is 5.32 Å². The lowest BCUT2D eigenvalue weighted by molar-refractivity contribution is -0.385. The maximum absolute atomic E-state index is 13.3. The van der Waals surface area contributed by atoms with E-state index < -0.39 is 17.3 Å². The summed E-state index contributed by atoms with van der Waals surface area (Å²) in [6.45, 7) is -0.281. The Kier molecular flexibility index (Phi) is 5.37. The van der Waals surface area contributed by atoms with E-state index in [0.29, 0.717) is 11.1 Å². The zero-order valence-corrected chi connectivity index (χ0v) is 12.2. The molecule has 0 heterocycles. The summed E-state index contributed by atoms with van der Waals surface area (Å²) in [5.41, 5.74) is 0.999. The summed E-state index contributed by atoms with van der Waals surface area (Å²) in [5, 5.41) is 22.5. The highest BCUT2D eigenvalue weighted by Crippen LogP contribution is 2.18. The lowest BCUT2D eigenvalue weighted by Gasteiger charge is -2.08. The van der Waals surface area contributed by atoms with Crippen molar-refractivity contribution in [3.05, 3.63) is 75.1 Å². The van der Waals surface area contributed by atoms with Crippen LogP contribution < -0.4 is 5.32 Å². The van der Waals surface area contributed by atoms with Crippen molar-refractivity contribution in [1.29, 1.82) is 0 Å². The number of rotatable bonds is 6. The minimum Gasteiger partial charge on any atom is -0.392 e. The third-order valence-electron chi connectivity index (χ3n) is 3.31. The molecule has 0 bridgehead atoms. The molecule has 0 spiro atoms. The maximum atomic E-state index is 13.3. The van der Waals surface area contributed by atoms with Gasteiger partial charge in [-0.2, -0.15) is 0 Å². The number of aliphatic hydroxyl groups excluding tert-OH is 1. The lowest BCUT2D eigenvalue weighted by Crippen LogP contribution is -2.25. The Bertz CT molecular complexity index is 734. The molecule has 0 aliphatic heterocycles. The molecule has 0 radical (unpaired) electrons. The predicted molar refractivity (Wildman–Crippen MR) is 81.0 cm³/mol. The van der Waals surface area contributed by atoms with Crippen molar-refractivity contribution in [1.82, 2.24) is 5.32 Å². The molecule has 0 aliphatic carbocycles. The number of nitrogens with zero attached hydrogens (tertiary/aromatic N) is 1. The van der Waals surface area contributed by atoms with Crippen molar-refractivity contribution in [2.45, 2.75) is 19.6 Å². The minimum atomic E-state index is -0.532. The predicted octanol–water partition coefficient (Wildman–Crippen LogP) is 2.09. The third kappa shape index (κ3) is 4.33. The molecule has 2 aromatic rings. The average Bonchev–Trinajstić information content (AvgIpc) is 2.54. The summed E-state index contributed by atoms with van der Waals surface area (Å²) in [6.07, 6.45) is -0.120. The third-order valence-corrected chi connectivity index (χ3v) is 3.31. The number of nitro benzene ring substituents is 1. The highest BCUT2D eigenvalue weighted by molar-refractivity contribution is 5.79. The fraction of sp³-hybridized carbons (Fsp3) is 0.188. The van der Waals surface area contributed by atoms with Crippen LogP contribution in [-0.4, -0.2) is 15.9 Å². The van der Waals surface area contributed by atoms with E-state index in [1.54, 1.807) is 6.07 Å². The molecule has 0 fully saturated rings. The van der Waals surface area contributed by atoms with Gasteiger partial charge in [0.25, 0.3) is 5.69 Å². The molecular formula is C16H15FN2O4. The van der Waals surface area contributed by atoms with Gasteiger partial charge in [-0.25, -0.2) is 4.39 Å². The number of nitro groups is 1. The SMILES string of the molecule is O=C(Cc1ccccc1[N+](=O)[O-])NCc1ccc(F)c(CO)c1. The number of para-hydroxylation sites is 1. The van der Waals surface area contributed by atoms with E-state index in [0.717, 1.165) is 0 Å². The van der Waals surface area contributed by atoms with Crippen LogP contribution in [0.2, 0.25) is 0 Å². The Balaban J connectivity index is 2.00. The molecule has 7 heteroatoms. The van der Waals surface area contributed by atoms with Gasteiger partial charge in [-0.1, -0.05) is 24.3 Å². The number of carbonyl (C=O) groups excluding carboxylic acids is 1. The van der Waals surface area contributed by atoms with Crippen molar-refractivity contribution in [3.8, 4) is 0 Å². The Morgan fingerprint density at radius 2 is 1.96 bits per heavy atom. The van der Waals surface area contributed by atoms with Gasteiger partial charge >= 0.3 is 0 Å². The average molecular weight is 318 g/mol. The number of hydrogen-bond acceptors (Lipinski definition) is 4. The summed E-state index contributed by atoms with van der Waals surface area (Å²) in [6, 6.07) is 10.2. The van der Waals surface area contributed by atoms with E-state index in [-0.39, 0.29) is 30.1 Å². The van der Waals surface area contributed by atoms with Crippen LogP contribution in [0.4, 0.5) is 10.1 Å². The Morgan fingerprint density at radius 3 is 2.65 bits per heavy atom. The maximum Gasteiger partial charge on any atom is 0.273 e. The molecule has 6 nitrogen and oxygen atoms in total. The first-order valence-electron chi connectivity index (χ1n) is 6.88. The molecule has 120 valence electrons. The second kappa shape index (κ2) is 7.46. The zero-order valence-electron chi connectivity index (χ0n) is 12.2. The van der Waals surface area contributed by atoms with Gasteiger partial charge in [0.05, 0.1) is 18.0 Å². The van der Waals surface area contributed by atoms with E-state index in [9.17, 15) is 19.3 Å². The first-order chi connectivity index (χ1) is 11.0. The molecule has 1 amide bonds. The highest BCUT2D eigenvalue weighted by Gasteiger charge is 2.15. The van der Waals surface area contributed by atoms with Gasteiger partial charge in [-0.3, -0.25) is 14.9 Å². The van der Waals surface area contributed by atoms with Crippen LogP contribution in [-0.2, 0) is 24.4 Å². The second-order valence-electron chi connectivity index (χ2n) is 4.92. The molecule has 0 unspecified atom stereocenters. The van der Waals surface area contributed by atoms with Crippen LogP contribution in [0.25, 0.3) is 0 Å². The van der Waals surface area contributed by atoms with Crippen LogP contribution in [0.5, 0.6) is 0 Å². The van der Waals surface area contributed by atoms with E-state index >= 15 is 0 Å². The normalized spacial score (nSPS) is 10.3. The Hall–Kier alpha value is -2.80. The first-order valence-corrected chi connectivity index (χ1v) is 6.88. The summed E-state index contributed by atoms with van der Waals surface area (Å²) >= 11 is 0. The van der Waals surface area contributed by atoms with Crippen LogP contribution in [0, 0.1) is 15.9 Å². The van der Waals surface area contributed by atoms with Gasteiger partial charge in [0.2, 0.25) is 5.91 Å². The van der Waals surface area contributed by atoms with Crippen molar-refractivity contribution in [2.24, 2.45) is 0 Å². The number of carbonyl (C=O) groups is 1. The molecule has 2 rings (SSSR count). The molecule has 23 heavy (non-hydrogen) atoms. The number of nitrogens with one attached hydrogen (secondary N) is 1. The standard InChI is InChI=1S/C16H15FN2O4/c17-14-6-5-11(7-13(14)10-20)9-18-16(21)8-12-3-1-2-4-15(12)19(22)23/h1-7,20H,8-10H2,(H,18,21). The monoisotopic (exact) mass is 318 g/mol. The molecule has 0 atom stereocenters. The van der Waals surface area contributed by atoms with Crippen LogP contribution in [0.1, 0.15) is 16.7 Å². The van der Waals surface area contributed by atoms with E-state index in [4.69, 9.17) is 5.11 Å². The van der Waals surface area contributed by atoms with Crippen molar-refractivity contribution >= 4 is 11.6 Å². The number of amides is 1. The lowest BCUT2D eigenvalue weighted by atomic mass is 10.1. The molecular weight excluding hydrogens is 303 g/mol. The van der Waals surface area contributed by atoms with Crippen molar-refractivity contribution in [2.75, 3.05) is 0 Å². The molecule has 2 aromatic carbocycles. The Morgan fingerprint density at radius 1 is 1.22 bits per heavy atom. The van der Waals surface area contributed by atoms with E-state index in [1.807, 2.05) is 0 Å². The fourth-order valence-corrected chi connectivity index (χ4v) is 2.13. The van der Waals surface area contributed by atoms with Gasteiger partial charge in [0, 0.05) is 23.7 Å². The number of benzene rings is 2. The number of aliphatic hydroxyl groups is 1. The molecule has 0 saturated heterocycles. The largest absolute Gasteiger partial charge is 0.392 e. The smallest absolute Gasteiger partial charge is 0.273 e. The Labute approximate surface area is 131 Å².